The van der Waals surface area contributed by atoms with Crippen LogP contribution in [0.25, 0.3) is 0 Å². The van der Waals surface area contributed by atoms with Crippen LogP contribution in [-0.2, 0) is 14.3 Å². The molecule has 0 aliphatic rings. The number of carbonyl (C=O) groups excluding carboxylic acids is 1. The van der Waals surface area contributed by atoms with Crippen LogP contribution in [0, 0.1) is 10.1 Å². The highest BCUT2D eigenvalue weighted by Crippen LogP contribution is 2.38. The summed E-state index contributed by atoms with van der Waals surface area (Å²) in [7, 11) is 1.39. The van der Waals surface area contributed by atoms with Gasteiger partial charge in [0.2, 0.25) is 0 Å². The monoisotopic (exact) mass is 369 g/mol. The average molecular weight is 369 g/mol. The lowest BCUT2D eigenvalue weighted by Crippen LogP contribution is -2.10. The van der Waals surface area contributed by atoms with Gasteiger partial charge in [-0.2, -0.15) is 0 Å². The predicted molar refractivity (Wildman–Crippen MR) is 91.4 cm³/mol. The van der Waals surface area contributed by atoms with Crippen molar-refractivity contribution in [2.24, 2.45) is 0 Å². The first-order valence-corrected chi connectivity index (χ1v) is 8.20. The molecule has 1 rings (SSSR count). The summed E-state index contributed by atoms with van der Waals surface area (Å²) in [6.07, 6.45) is 0.283. The van der Waals surface area contributed by atoms with Gasteiger partial charge in [-0.3, -0.25) is 19.7 Å². The molecule has 1 aromatic carbocycles. The molecule has 9 nitrogen and oxygen atoms in total. The van der Waals surface area contributed by atoms with Gasteiger partial charge >= 0.3 is 11.9 Å². The summed E-state index contributed by atoms with van der Waals surface area (Å²) >= 11 is 0. The third-order valence-corrected chi connectivity index (χ3v) is 3.59. The number of nitrogens with zero attached hydrogens (tertiary/aromatic N) is 1. The highest BCUT2D eigenvalue weighted by Gasteiger charge is 2.25. The minimum absolute atomic E-state index is 0.0277. The second kappa shape index (κ2) is 10.2. The first kappa shape index (κ1) is 21.2. The lowest BCUT2D eigenvalue weighted by atomic mass is 10.1. The van der Waals surface area contributed by atoms with E-state index in [1.54, 1.807) is 13.8 Å². The van der Waals surface area contributed by atoms with E-state index in [-0.39, 0.29) is 42.2 Å². The quantitative estimate of drug-likeness (QED) is 0.273. The van der Waals surface area contributed by atoms with Gasteiger partial charge in [-0.1, -0.05) is 6.92 Å². The fraction of sp³-hybridized carbons (Fsp3) is 0.529. The summed E-state index contributed by atoms with van der Waals surface area (Å²) in [6.45, 7) is 3.37. The van der Waals surface area contributed by atoms with Crippen LogP contribution in [0.1, 0.15) is 51.2 Å². The Morgan fingerprint density at radius 1 is 1.27 bits per heavy atom. The van der Waals surface area contributed by atoms with Crippen molar-refractivity contribution in [2.45, 2.75) is 45.6 Å². The summed E-state index contributed by atoms with van der Waals surface area (Å²) in [5.41, 5.74) is -0.0467. The molecule has 0 amide bonds. The van der Waals surface area contributed by atoms with Crippen molar-refractivity contribution in [1.29, 1.82) is 0 Å². The minimum atomic E-state index is -0.891. The summed E-state index contributed by atoms with van der Waals surface area (Å²) in [6, 6.07) is 2.64. The number of aliphatic carboxylic acids is 1. The number of methoxy groups -OCH3 is 1. The summed E-state index contributed by atoms with van der Waals surface area (Å²) < 4.78 is 15.9. The number of ether oxygens (including phenoxy) is 3. The smallest absolute Gasteiger partial charge is 0.306 e. The lowest BCUT2D eigenvalue weighted by molar-refractivity contribution is -0.386. The molecule has 0 saturated carbocycles. The van der Waals surface area contributed by atoms with E-state index in [0.29, 0.717) is 12.8 Å². The molecule has 26 heavy (non-hydrogen) atoms. The zero-order valence-electron chi connectivity index (χ0n) is 15.0. The van der Waals surface area contributed by atoms with E-state index in [0.717, 1.165) is 0 Å². The summed E-state index contributed by atoms with van der Waals surface area (Å²) in [5.74, 6) is -0.918. The van der Waals surface area contributed by atoms with Crippen molar-refractivity contribution in [2.75, 3.05) is 13.7 Å². The fourth-order valence-corrected chi connectivity index (χ4v) is 2.23. The Kier molecular flexibility index (Phi) is 8.33. The van der Waals surface area contributed by atoms with Gasteiger partial charge in [0.15, 0.2) is 11.5 Å². The zero-order valence-corrected chi connectivity index (χ0v) is 15.0. The Bertz CT molecular complexity index is 658. The molecular weight excluding hydrogens is 346 g/mol. The zero-order chi connectivity index (χ0) is 19.7. The van der Waals surface area contributed by atoms with E-state index in [1.807, 2.05) is 0 Å². The highest BCUT2D eigenvalue weighted by atomic mass is 16.6. The molecule has 1 atom stereocenters. The number of hydrogen-bond acceptors (Lipinski definition) is 7. The molecule has 0 bridgehead atoms. The molecule has 0 spiro atoms. The molecule has 0 aromatic heterocycles. The van der Waals surface area contributed by atoms with Gasteiger partial charge in [0.05, 0.1) is 30.3 Å². The molecule has 0 saturated heterocycles. The van der Waals surface area contributed by atoms with Crippen molar-refractivity contribution in [1.82, 2.24) is 0 Å². The molecule has 0 radical (unpaired) electrons. The largest absolute Gasteiger partial charge is 0.493 e. The molecule has 0 aliphatic heterocycles. The summed E-state index contributed by atoms with van der Waals surface area (Å²) in [5, 5.41) is 20.0. The third-order valence-electron chi connectivity index (χ3n) is 3.59. The van der Waals surface area contributed by atoms with Crippen molar-refractivity contribution < 1.29 is 33.8 Å². The first-order valence-electron chi connectivity index (χ1n) is 8.20. The number of carboxylic acid groups (broad SMARTS) is 1. The number of carbonyl (C=O) groups is 2. The SMILES string of the molecule is CCC(=O)OC(C)c1cc(OC)c(OCCCCC(=O)O)cc1[N+](=O)[O-]. The van der Waals surface area contributed by atoms with Crippen LogP contribution in [-0.4, -0.2) is 35.7 Å². The molecule has 9 heteroatoms. The number of carboxylic acids is 1. The fourth-order valence-electron chi connectivity index (χ4n) is 2.23. The Morgan fingerprint density at radius 2 is 1.96 bits per heavy atom. The maximum absolute atomic E-state index is 11.5. The Morgan fingerprint density at radius 3 is 2.50 bits per heavy atom. The second-order valence-corrected chi connectivity index (χ2v) is 5.50. The number of rotatable bonds is 11. The van der Waals surface area contributed by atoms with Crippen LogP contribution in [0.2, 0.25) is 0 Å². The molecular formula is C17H23NO8. The molecule has 0 fully saturated rings. The number of esters is 1. The molecule has 144 valence electrons. The van der Waals surface area contributed by atoms with Gasteiger partial charge in [-0.15, -0.1) is 0 Å². The van der Waals surface area contributed by atoms with E-state index < -0.39 is 23.0 Å². The molecule has 1 N–H and O–H groups in total. The van der Waals surface area contributed by atoms with Crippen LogP contribution in [0.5, 0.6) is 11.5 Å². The Hall–Kier alpha value is -2.84. The standard InChI is InChI=1S/C17H23NO8/c1-4-17(21)26-11(2)12-9-14(24-3)15(10-13(12)18(22)23)25-8-6-5-7-16(19)20/h9-11H,4-8H2,1-3H3,(H,19,20). The molecule has 0 aliphatic carbocycles. The van der Waals surface area contributed by atoms with Crippen molar-refractivity contribution >= 4 is 17.6 Å². The van der Waals surface area contributed by atoms with Crippen LogP contribution in [0.3, 0.4) is 0 Å². The second-order valence-electron chi connectivity index (χ2n) is 5.50. The van der Waals surface area contributed by atoms with Crippen LogP contribution < -0.4 is 9.47 Å². The number of benzene rings is 1. The van der Waals surface area contributed by atoms with Gasteiger partial charge in [0, 0.05) is 12.8 Å². The van der Waals surface area contributed by atoms with Gasteiger partial charge in [-0.25, -0.2) is 0 Å². The van der Waals surface area contributed by atoms with Gasteiger partial charge < -0.3 is 19.3 Å². The first-order chi connectivity index (χ1) is 12.3. The minimum Gasteiger partial charge on any atom is -0.493 e. The van der Waals surface area contributed by atoms with Crippen LogP contribution >= 0.6 is 0 Å². The molecule has 1 unspecified atom stereocenters. The number of nitro groups is 1. The third kappa shape index (κ3) is 6.23. The lowest BCUT2D eigenvalue weighted by Gasteiger charge is -2.17. The maximum Gasteiger partial charge on any atom is 0.306 e. The van der Waals surface area contributed by atoms with Crippen LogP contribution in [0.15, 0.2) is 12.1 Å². The van der Waals surface area contributed by atoms with Crippen molar-refractivity contribution in [3.05, 3.63) is 27.8 Å². The van der Waals surface area contributed by atoms with E-state index >= 15 is 0 Å². The van der Waals surface area contributed by atoms with Crippen molar-refractivity contribution in [3.8, 4) is 11.5 Å². The van der Waals surface area contributed by atoms with Crippen molar-refractivity contribution in [3.63, 3.8) is 0 Å². The van der Waals surface area contributed by atoms with Gasteiger partial charge in [-0.05, 0) is 25.8 Å². The van der Waals surface area contributed by atoms with E-state index in [1.165, 1.54) is 19.2 Å². The van der Waals surface area contributed by atoms with Gasteiger partial charge in [0.25, 0.3) is 5.69 Å². The van der Waals surface area contributed by atoms with E-state index in [2.05, 4.69) is 0 Å². The normalized spacial score (nSPS) is 11.5. The maximum atomic E-state index is 11.5. The summed E-state index contributed by atoms with van der Waals surface area (Å²) in [4.78, 5) is 32.7. The van der Waals surface area contributed by atoms with E-state index in [4.69, 9.17) is 19.3 Å². The van der Waals surface area contributed by atoms with E-state index in [9.17, 15) is 19.7 Å². The molecule has 0 heterocycles. The number of nitro benzene ring substituents is 1. The van der Waals surface area contributed by atoms with Crippen LogP contribution in [0.4, 0.5) is 5.69 Å². The highest BCUT2D eigenvalue weighted by molar-refractivity contribution is 5.69. The van der Waals surface area contributed by atoms with Gasteiger partial charge in [0.1, 0.15) is 6.10 Å². The average Bonchev–Trinajstić information content (AvgIpc) is 2.60. The number of unbranched alkanes of at least 4 members (excludes halogenated alkanes) is 1. The Balaban J connectivity index is 2.99. The predicted octanol–water partition coefficient (Wildman–Crippen LogP) is 3.25. The molecule has 1 aromatic rings. The number of hydrogen-bond donors (Lipinski definition) is 1. The topological polar surface area (TPSA) is 125 Å². The Labute approximate surface area is 151 Å².